The van der Waals surface area contributed by atoms with Crippen molar-refractivity contribution in [2.75, 3.05) is 0 Å². The topological polar surface area (TPSA) is 0 Å². The molecule has 8 rings (SSSR count). The van der Waals surface area contributed by atoms with Gasteiger partial charge in [0, 0.05) is 0 Å². The van der Waals surface area contributed by atoms with Gasteiger partial charge in [-0.2, -0.15) is 0 Å². The molecule has 0 bridgehead atoms. The van der Waals surface area contributed by atoms with E-state index in [0.29, 0.717) is 0 Å². The normalized spacial score (nSPS) is 11.7. The van der Waals surface area contributed by atoms with E-state index in [4.69, 9.17) is 0 Å². The number of rotatable bonds is 4. The average molecular weight is 529 g/mol. The Morgan fingerprint density at radius 1 is 0.585 bits per heavy atom. The molecule has 0 aliphatic heterocycles. The van der Waals surface area contributed by atoms with Crippen molar-refractivity contribution in [1.29, 1.82) is 0 Å². The van der Waals surface area contributed by atoms with Crippen LogP contribution in [-0.4, -0.2) is 0 Å². The van der Waals surface area contributed by atoms with Crippen molar-refractivity contribution >= 4 is 64.6 Å². The van der Waals surface area contributed by atoms with Crippen LogP contribution in [0.3, 0.4) is 0 Å². The lowest BCUT2D eigenvalue weighted by molar-refractivity contribution is 1.18. The van der Waals surface area contributed by atoms with E-state index in [2.05, 4.69) is 142 Å². The molecule has 0 heteroatoms. The van der Waals surface area contributed by atoms with Gasteiger partial charge in [0.05, 0.1) is 0 Å². The van der Waals surface area contributed by atoms with Gasteiger partial charge < -0.3 is 0 Å². The van der Waals surface area contributed by atoms with Gasteiger partial charge in [-0.3, -0.25) is 0 Å². The fourth-order valence-corrected chi connectivity index (χ4v) is 6.50. The second-order valence-electron chi connectivity index (χ2n) is 11.1. The standard InChI is InChI=1S/2C20H16.CH4/c1-13(2)11-17-12-16-7-3-5-14-9-10-15-6-4-8-18(17)20(15)19(14)16;1-2-3-5-14-12-17-10-8-15-6-4-7-16-9-11-18(13-14)20(17)19(15)16;/h3-10,12H,1,11H2,2H3;2-4,6-13H,5H2,1H3;1H4/b;3-2+;. The van der Waals surface area contributed by atoms with Gasteiger partial charge in [-0.1, -0.05) is 141 Å². The minimum Gasteiger partial charge on any atom is -0.0998 e. The summed E-state index contributed by atoms with van der Waals surface area (Å²) in [6, 6.07) is 40.1. The van der Waals surface area contributed by atoms with Crippen molar-refractivity contribution in [2.24, 2.45) is 0 Å². The fourth-order valence-electron chi connectivity index (χ4n) is 6.50. The van der Waals surface area contributed by atoms with Crippen molar-refractivity contribution in [3.8, 4) is 0 Å². The monoisotopic (exact) mass is 528 g/mol. The SMILES string of the molecule is C.C/C=C/Cc1cc2ccc3cccc4ccc(c1)c2c34.C=C(C)Cc1cc2cccc3ccc4cccc1c4c32. The highest BCUT2D eigenvalue weighted by Gasteiger charge is 2.11. The van der Waals surface area contributed by atoms with Crippen LogP contribution >= 0.6 is 0 Å². The first-order chi connectivity index (χ1) is 19.6. The molecule has 0 heterocycles. The molecule has 0 saturated heterocycles. The molecular weight excluding hydrogens is 492 g/mol. The molecule has 0 atom stereocenters. The molecule has 8 aromatic rings. The third-order valence-electron chi connectivity index (χ3n) is 8.20. The predicted octanol–water partition coefficient (Wildman–Crippen LogP) is 12.0. The van der Waals surface area contributed by atoms with E-state index in [1.807, 2.05) is 0 Å². The summed E-state index contributed by atoms with van der Waals surface area (Å²) in [7, 11) is 0. The molecule has 0 nitrogen and oxygen atoms in total. The molecule has 0 radical (unpaired) electrons. The van der Waals surface area contributed by atoms with Crippen LogP contribution in [0.15, 0.2) is 133 Å². The van der Waals surface area contributed by atoms with Crippen LogP contribution in [0.1, 0.15) is 32.4 Å². The van der Waals surface area contributed by atoms with Crippen molar-refractivity contribution in [3.05, 3.63) is 145 Å². The molecule has 0 aromatic heterocycles. The Labute approximate surface area is 242 Å². The van der Waals surface area contributed by atoms with Gasteiger partial charge in [-0.05, 0) is 102 Å². The van der Waals surface area contributed by atoms with Gasteiger partial charge in [0.25, 0.3) is 0 Å². The number of hydrogen-bond donors (Lipinski definition) is 0. The van der Waals surface area contributed by atoms with E-state index < -0.39 is 0 Å². The summed E-state index contributed by atoms with van der Waals surface area (Å²) < 4.78 is 0. The molecular formula is C41H36. The first-order valence-corrected chi connectivity index (χ1v) is 14.2. The van der Waals surface area contributed by atoms with E-state index in [0.717, 1.165) is 12.8 Å². The molecule has 0 N–H and O–H groups in total. The third kappa shape index (κ3) is 4.60. The Morgan fingerprint density at radius 3 is 1.59 bits per heavy atom. The minimum atomic E-state index is 0. The van der Waals surface area contributed by atoms with Gasteiger partial charge in [-0.25, -0.2) is 0 Å². The second kappa shape index (κ2) is 10.7. The van der Waals surface area contributed by atoms with E-state index >= 15 is 0 Å². The summed E-state index contributed by atoms with van der Waals surface area (Å²) in [6.07, 6.45) is 6.29. The average Bonchev–Trinajstić information content (AvgIpc) is 2.98. The second-order valence-corrected chi connectivity index (χ2v) is 11.1. The minimum absolute atomic E-state index is 0. The van der Waals surface area contributed by atoms with E-state index in [1.54, 1.807) is 0 Å². The quantitative estimate of drug-likeness (QED) is 0.157. The first kappa shape index (κ1) is 26.5. The molecule has 8 aromatic carbocycles. The number of hydrogen-bond acceptors (Lipinski definition) is 0. The van der Waals surface area contributed by atoms with Crippen LogP contribution in [0.25, 0.3) is 64.6 Å². The number of benzene rings is 8. The zero-order valence-electron chi connectivity index (χ0n) is 23.2. The lowest BCUT2D eigenvalue weighted by Gasteiger charge is -2.14. The zero-order valence-corrected chi connectivity index (χ0v) is 23.2. The van der Waals surface area contributed by atoms with Crippen LogP contribution in [-0.2, 0) is 12.8 Å². The van der Waals surface area contributed by atoms with E-state index in [1.165, 1.54) is 81.3 Å². The third-order valence-corrected chi connectivity index (χ3v) is 8.20. The van der Waals surface area contributed by atoms with Crippen molar-refractivity contribution in [1.82, 2.24) is 0 Å². The predicted molar refractivity (Wildman–Crippen MR) is 184 cm³/mol. The van der Waals surface area contributed by atoms with Crippen LogP contribution in [0.4, 0.5) is 0 Å². The van der Waals surface area contributed by atoms with Gasteiger partial charge in [-0.15, -0.1) is 0 Å². The summed E-state index contributed by atoms with van der Waals surface area (Å²) in [5.74, 6) is 0. The molecule has 0 saturated carbocycles. The molecule has 0 amide bonds. The zero-order chi connectivity index (χ0) is 27.2. The molecule has 41 heavy (non-hydrogen) atoms. The fraction of sp³-hybridized carbons (Fsp3) is 0.122. The molecule has 0 aliphatic rings. The van der Waals surface area contributed by atoms with Crippen LogP contribution < -0.4 is 0 Å². The Hall–Kier alpha value is -4.68. The molecule has 0 unspecified atom stereocenters. The number of allylic oxidation sites excluding steroid dienone is 3. The summed E-state index contributed by atoms with van der Waals surface area (Å²) in [6.45, 7) is 8.25. The van der Waals surface area contributed by atoms with E-state index in [-0.39, 0.29) is 7.43 Å². The smallest absolute Gasteiger partial charge is 0.00239 e. The maximum Gasteiger partial charge on any atom is -0.00239 e. The maximum atomic E-state index is 4.08. The highest BCUT2D eigenvalue weighted by Crippen LogP contribution is 2.37. The molecule has 0 spiro atoms. The maximum absolute atomic E-state index is 4.08. The summed E-state index contributed by atoms with van der Waals surface area (Å²) in [5, 5.41) is 16.3. The van der Waals surface area contributed by atoms with Crippen LogP contribution in [0.5, 0.6) is 0 Å². The van der Waals surface area contributed by atoms with Crippen molar-refractivity contribution < 1.29 is 0 Å². The Bertz CT molecular complexity index is 2130. The highest BCUT2D eigenvalue weighted by atomic mass is 14.1. The molecule has 200 valence electrons. The lowest BCUT2D eigenvalue weighted by Crippen LogP contribution is -1.91. The first-order valence-electron chi connectivity index (χ1n) is 14.2. The lowest BCUT2D eigenvalue weighted by atomic mass is 9.90. The van der Waals surface area contributed by atoms with Gasteiger partial charge >= 0.3 is 0 Å². The molecule has 0 aliphatic carbocycles. The highest BCUT2D eigenvalue weighted by molar-refractivity contribution is 6.24. The Kier molecular flexibility index (Phi) is 6.93. The summed E-state index contributed by atoms with van der Waals surface area (Å²) in [5.41, 5.74) is 3.98. The van der Waals surface area contributed by atoms with Gasteiger partial charge in [0.1, 0.15) is 0 Å². The summed E-state index contributed by atoms with van der Waals surface area (Å²) in [4.78, 5) is 0. The Balaban J connectivity index is 0.000000144. The summed E-state index contributed by atoms with van der Waals surface area (Å²) >= 11 is 0. The van der Waals surface area contributed by atoms with Crippen LogP contribution in [0, 0.1) is 0 Å². The largest absolute Gasteiger partial charge is 0.0998 e. The Morgan fingerprint density at radius 2 is 1.02 bits per heavy atom. The van der Waals surface area contributed by atoms with Crippen molar-refractivity contribution in [2.45, 2.75) is 34.1 Å². The van der Waals surface area contributed by atoms with Crippen LogP contribution in [0.2, 0.25) is 0 Å². The van der Waals surface area contributed by atoms with Gasteiger partial charge in [0.2, 0.25) is 0 Å². The van der Waals surface area contributed by atoms with Gasteiger partial charge in [0.15, 0.2) is 0 Å². The molecule has 0 fully saturated rings. The van der Waals surface area contributed by atoms with E-state index in [9.17, 15) is 0 Å². The van der Waals surface area contributed by atoms with Crippen molar-refractivity contribution in [3.63, 3.8) is 0 Å².